The number of piperidine rings is 1. The van der Waals surface area contributed by atoms with Gasteiger partial charge in [-0.15, -0.1) is 11.3 Å². The molecule has 0 radical (unpaired) electrons. The van der Waals surface area contributed by atoms with Crippen LogP contribution in [0.2, 0.25) is 0 Å². The van der Waals surface area contributed by atoms with Crippen molar-refractivity contribution >= 4 is 34.8 Å². The van der Waals surface area contributed by atoms with Crippen molar-refractivity contribution in [2.75, 3.05) is 31.6 Å². The summed E-state index contributed by atoms with van der Waals surface area (Å²) in [5.41, 5.74) is 6.81. The quantitative estimate of drug-likeness (QED) is 0.677. The van der Waals surface area contributed by atoms with Gasteiger partial charge in [-0.05, 0) is 37.9 Å². The Labute approximate surface area is 173 Å². The van der Waals surface area contributed by atoms with Gasteiger partial charge in [-0.3, -0.25) is 14.5 Å². The zero-order valence-corrected chi connectivity index (χ0v) is 17.2. The van der Waals surface area contributed by atoms with Crippen LogP contribution in [0.25, 0.3) is 10.4 Å². The second-order valence-corrected chi connectivity index (χ2v) is 8.02. The molecule has 0 saturated carbocycles. The zero-order valence-electron chi connectivity index (χ0n) is 16.3. The molecule has 1 unspecified atom stereocenters. The lowest BCUT2D eigenvalue weighted by atomic mass is 9.97. The van der Waals surface area contributed by atoms with E-state index in [1.165, 1.54) is 11.3 Å². The summed E-state index contributed by atoms with van der Waals surface area (Å²) in [6, 6.07) is 11.5. The number of hydrogen-bond donors (Lipinski definition) is 2. The van der Waals surface area contributed by atoms with Crippen LogP contribution in [-0.4, -0.2) is 48.9 Å². The number of anilines is 1. The minimum Gasteiger partial charge on any atom is -0.462 e. The number of thiophene rings is 1. The molecule has 3 rings (SSSR count). The molecule has 1 aliphatic rings. The first-order valence-electron chi connectivity index (χ1n) is 9.65. The third-order valence-electron chi connectivity index (χ3n) is 4.80. The minimum absolute atomic E-state index is 0.141. The number of carbonyl (C=O) groups is 3. The topological polar surface area (TPSA) is 102 Å². The van der Waals surface area contributed by atoms with Crippen LogP contribution >= 0.6 is 11.3 Å². The van der Waals surface area contributed by atoms with E-state index in [1.807, 2.05) is 35.2 Å². The van der Waals surface area contributed by atoms with Crippen molar-refractivity contribution in [2.24, 2.45) is 11.7 Å². The minimum atomic E-state index is -0.457. The Kier molecular flexibility index (Phi) is 7.00. The maximum atomic E-state index is 12.6. The number of benzene rings is 1. The van der Waals surface area contributed by atoms with Crippen LogP contribution < -0.4 is 11.1 Å². The summed E-state index contributed by atoms with van der Waals surface area (Å²) < 4.78 is 5.15. The number of esters is 1. The molecular formula is C21H25N3O4S. The highest BCUT2D eigenvalue weighted by Crippen LogP contribution is 2.35. The average Bonchev–Trinajstić information content (AvgIpc) is 3.12. The summed E-state index contributed by atoms with van der Waals surface area (Å²) in [7, 11) is 0. The summed E-state index contributed by atoms with van der Waals surface area (Å²) in [5.74, 6) is -1.25. The lowest BCUT2D eigenvalue weighted by Crippen LogP contribution is -2.44. The number of nitrogens with two attached hydrogens (primary N) is 1. The van der Waals surface area contributed by atoms with Gasteiger partial charge in [0.2, 0.25) is 11.8 Å². The van der Waals surface area contributed by atoms with Crippen LogP contribution in [0.3, 0.4) is 0 Å². The van der Waals surface area contributed by atoms with Crippen molar-refractivity contribution < 1.29 is 19.1 Å². The third kappa shape index (κ3) is 5.42. The van der Waals surface area contributed by atoms with E-state index in [-0.39, 0.29) is 30.9 Å². The smallest absolute Gasteiger partial charge is 0.350 e. The highest BCUT2D eigenvalue weighted by molar-refractivity contribution is 7.18. The Bertz CT molecular complexity index is 881. The Balaban J connectivity index is 1.74. The van der Waals surface area contributed by atoms with Crippen molar-refractivity contribution in [3.8, 4) is 10.4 Å². The lowest BCUT2D eigenvalue weighted by Gasteiger charge is -2.30. The molecule has 1 aromatic carbocycles. The molecule has 8 heteroatoms. The molecule has 154 valence electrons. The molecule has 0 spiro atoms. The molecule has 2 amide bonds. The number of ether oxygens (including phenoxy) is 1. The molecule has 1 fully saturated rings. The van der Waals surface area contributed by atoms with Gasteiger partial charge in [0.15, 0.2) is 0 Å². The normalized spacial score (nSPS) is 16.9. The van der Waals surface area contributed by atoms with Crippen molar-refractivity contribution in [1.82, 2.24) is 4.90 Å². The largest absolute Gasteiger partial charge is 0.462 e. The fraction of sp³-hybridized carbons (Fsp3) is 0.381. The number of likely N-dealkylation sites (tertiary alicyclic amines) is 1. The first-order valence-corrected chi connectivity index (χ1v) is 10.5. The molecule has 7 nitrogen and oxygen atoms in total. The van der Waals surface area contributed by atoms with E-state index in [2.05, 4.69) is 5.32 Å². The fourth-order valence-corrected chi connectivity index (χ4v) is 4.41. The van der Waals surface area contributed by atoms with Gasteiger partial charge in [-0.2, -0.15) is 0 Å². The van der Waals surface area contributed by atoms with Crippen LogP contribution in [0.4, 0.5) is 5.69 Å². The third-order valence-corrected chi connectivity index (χ3v) is 5.96. The molecule has 3 N–H and O–H groups in total. The van der Waals surface area contributed by atoms with Crippen LogP contribution in [0, 0.1) is 5.92 Å². The number of rotatable bonds is 7. The van der Waals surface area contributed by atoms with E-state index in [9.17, 15) is 14.4 Å². The average molecular weight is 416 g/mol. The van der Waals surface area contributed by atoms with Gasteiger partial charge in [0.05, 0.1) is 24.8 Å². The Morgan fingerprint density at radius 3 is 2.72 bits per heavy atom. The summed E-state index contributed by atoms with van der Waals surface area (Å²) in [6.07, 6.45) is 1.58. The van der Waals surface area contributed by atoms with Gasteiger partial charge in [0, 0.05) is 11.4 Å². The van der Waals surface area contributed by atoms with Gasteiger partial charge in [0.1, 0.15) is 4.88 Å². The monoisotopic (exact) mass is 415 g/mol. The molecule has 1 saturated heterocycles. The van der Waals surface area contributed by atoms with Gasteiger partial charge < -0.3 is 15.8 Å². The number of primary amides is 1. The highest BCUT2D eigenvalue weighted by atomic mass is 32.1. The number of hydrogen-bond acceptors (Lipinski definition) is 6. The molecule has 1 aromatic heterocycles. The first-order chi connectivity index (χ1) is 14.0. The van der Waals surface area contributed by atoms with E-state index >= 15 is 0 Å². The second kappa shape index (κ2) is 9.67. The standard InChI is InChI=1S/C21H25N3O4S/c1-2-28-21(27)19-16(11-17(29-19)14-7-4-3-5-8-14)23-18(25)13-24-10-6-9-15(12-24)20(22)26/h3-5,7-8,11,15H,2,6,9-10,12-13H2,1H3,(H2,22,26)(H,23,25). The Hall–Kier alpha value is -2.71. The van der Waals surface area contributed by atoms with E-state index in [0.717, 1.165) is 29.8 Å². The number of nitrogens with one attached hydrogen (secondary N) is 1. The maximum absolute atomic E-state index is 12.6. The second-order valence-electron chi connectivity index (χ2n) is 6.96. The van der Waals surface area contributed by atoms with E-state index in [0.29, 0.717) is 17.1 Å². The first kappa shape index (κ1) is 21.0. The number of carbonyl (C=O) groups excluding carboxylic acids is 3. The molecule has 2 heterocycles. The molecular weight excluding hydrogens is 390 g/mol. The number of amides is 2. The predicted molar refractivity (Wildman–Crippen MR) is 113 cm³/mol. The molecule has 1 atom stereocenters. The SMILES string of the molecule is CCOC(=O)c1sc(-c2ccccc2)cc1NC(=O)CN1CCCC(C(N)=O)C1. The summed E-state index contributed by atoms with van der Waals surface area (Å²) in [5, 5.41) is 2.84. The fourth-order valence-electron chi connectivity index (χ4n) is 3.40. The molecule has 0 bridgehead atoms. The predicted octanol–water partition coefficient (Wildman–Crippen LogP) is 2.73. The van der Waals surface area contributed by atoms with Gasteiger partial charge >= 0.3 is 5.97 Å². The molecule has 0 aliphatic carbocycles. The lowest BCUT2D eigenvalue weighted by molar-refractivity contribution is -0.125. The van der Waals surface area contributed by atoms with Crippen LogP contribution in [0.1, 0.15) is 29.4 Å². The summed E-state index contributed by atoms with van der Waals surface area (Å²) in [4.78, 5) is 39.6. The summed E-state index contributed by atoms with van der Waals surface area (Å²) >= 11 is 1.29. The Morgan fingerprint density at radius 2 is 2.03 bits per heavy atom. The van der Waals surface area contributed by atoms with Crippen molar-refractivity contribution in [3.63, 3.8) is 0 Å². The van der Waals surface area contributed by atoms with Crippen molar-refractivity contribution in [2.45, 2.75) is 19.8 Å². The van der Waals surface area contributed by atoms with E-state index in [1.54, 1.807) is 13.0 Å². The van der Waals surface area contributed by atoms with Crippen LogP contribution in [0.5, 0.6) is 0 Å². The van der Waals surface area contributed by atoms with Gasteiger partial charge in [0.25, 0.3) is 0 Å². The van der Waals surface area contributed by atoms with Gasteiger partial charge in [-0.1, -0.05) is 30.3 Å². The van der Waals surface area contributed by atoms with Crippen molar-refractivity contribution in [3.05, 3.63) is 41.3 Å². The Morgan fingerprint density at radius 1 is 1.28 bits per heavy atom. The van der Waals surface area contributed by atoms with Crippen LogP contribution in [-0.2, 0) is 14.3 Å². The van der Waals surface area contributed by atoms with Crippen LogP contribution in [0.15, 0.2) is 36.4 Å². The van der Waals surface area contributed by atoms with E-state index in [4.69, 9.17) is 10.5 Å². The van der Waals surface area contributed by atoms with Crippen molar-refractivity contribution in [1.29, 1.82) is 0 Å². The van der Waals surface area contributed by atoms with Gasteiger partial charge in [-0.25, -0.2) is 4.79 Å². The number of nitrogens with zero attached hydrogens (tertiary/aromatic N) is 1. The molecule has 2 aromatic rings. The summed E-state index contributed by atoms with van der Waals surface area (Å²) in [6.45, 7) is 3.36. The highest BCUT2D eigenvalue weighted by Gasteiger charge is 2.26. The zero-order chi connectivity index (χ0) is 20.8. The van der Waals surface area contributed by atoms with E-state index < -0.39 is 5.97 Å². The molecule has 29 heavy (non-hydrogen) atoms. The molecule has 1 aliphatic heterocycles. The maximum Gasteiger partial charge on any atom is 0.350 e.